The van der Waals surface area contributed by atoms with Crippen molar-refractivity contribution >= 4 is 28.0 Å². The molecule has 3 heterocycles. The van der Waals surface area contributed by atoms with E-state index in [2.05, 4.69) is 18.8 Å². The molecule has 0 saturated carbocycles. The number of aryl methyl sites for hydroxylation is 1. The Labute approximate surface area is 173 Å². The summed E-state index contributed by atoms with van der Waals surface area (Å²) in [7, 11) is 0. The van der Waals surface area contributed by atoms with Crippen LogP contribution in [0, 0.1) is 5.92 Å². The molecule has 0 fully saturated rings. The molecule has 1 aliphatic carbocycles. The smallest absolute Gasteiger partial charge is 0.297 e. The van der Waals surface area contributed by atoms with E-state index in [0.717, 1.165) is 36.8 Å². The number of ketones is 1. The highest BCUT2D eigenvalue weighted by Gasteiger charge is 2.26. The molecule has 0 saturated heterocycles. The van der Waals surface area contributed by atoms with Crippen LogP contribution in [0.4, 0.5) is 0 Å². The van der Waals surface area contributed by atoms with Crippen LogP contribution in [-0.4, -0.2) is 20.3 Å². The number of furan rings is 1. The van der Waals surface area contributed by atoms with E-state index in [0.29, 0.717) is 22.7 Å². The molecule has 0 aliphatic heterocycles. The predicted octanol–water partition coefficient (Wildman–Crippen LogP) is 4.11. The summed E-state index contributed by atoms with van der Waals surface area (Å²) in [4.78, 5) is 34.9. The maximum absolute atomic E-state index is 13.1. The van der Waals surface area contributed by atoms with Gasteiger partial charge in [0.1, 0.15) is 5.52 Å². The Kier molecular flexibility index (Phi) is 4.50. The molecule has 0 unspecified atom stereocenters. The third-order valence-electron chi connectivity index (χ3n) is 5.76. The fourth-order valence-corrected chi connectivity index (χ4v) is 4.41. The minimum atomic E-state index is -0.348. The third-order valence-corrected chi connectivity index (χ3v) is 5.76. The number of benzene rings is 1. The number of Topliss-reactive ketones (excluding diaryl/α,β-unsaturated/α-hetero) is 1. The van der Waals surface area contributed by atoms with E-state index < -0.39 is 0 Å². The third kappa shape index (κ3) is 3.03. The van der Waals surface area contributed by atoms with Crippen LogP contribution in [-0.2, 0) is 25.8 Å². The number of carbonyl (C=O) groups excluding carboxylic acids is 1. The van der Waals surface area contributed by atoms with E-state index in [9.17, 15) is 9.59 Å². The van der Waals surface area contributed by atoms with Crippen LogP contribution < -0.4 is 5.56 Å². The zero-order valence-corrected chi connectivity index (χ0v) is 17.1. The van der Waals surface area contributed by atoms with Crippen molar-refractivity contribution in [3.05, 3.63) is 69.4 Å². The summed E-state index contributed by atoms with van der Waals surface area (Å²) in [6.45, 7) is 4.28. The Hall–Kier alpha value is -3.28. The molecule has 0 bridgehead atoms. The Bertz CT molecular complexity index is 1330. The molecule has 6 heteroatoms. The Morgan fingerprint density at radius 3 is 2.70 bits per heavy atom. The molecule has 1 aromatic carbocycles. The highest BCUT2D eigenvalue weighted by Crippen LogP contribution is 2.36. The van der Waals surface area contributed by atoms with E-state index >= 15 is 0 Å². The molecule has 1 aliphatic rings. The first kappa shape index (κ1) is 18.7. The van der Waals surface area contributed by atoms with E-state index in [-0.39, 0.29) is 23.5 Å². The van der Waals surface area contributed by atoms with Crippen LogP contribution in [0.25, 0.3) is 22.2 Å². The highest BCUT2D eigenvalue weighted by atomic mass is 16.3. The van der Waals surface area contributed by atoms with Gasteiger partial charge in [-0.3, -0.25) is 14.2 Å². The highest BCUT2D eigenvalue weighted by molar-refractivity contribution is 6.03. The summed E-state index contributed by atoms with van der Waals surface area (Å²) < 4.78 is 7.26. The van der Waals surface area contributed by atoms with Gasteiger partial charge in [-0.15, -0.1) is 0 Å². The molecule has 4 aromatic rings. The number of fused-ring (bicyclic) bond motifs is 5. The number of carbonyl (C=O) groups is 1. The molecule has 0 N–H and O–H groups in total. The monoisotopic (exact) mass is 401 g/mol. The second kappa shape index (κ2) is 7.20. The first-order valence-corrected chi connectivity index (χ1v) is 10.4. The van der Waals surface area contributed by atoms with Gasteiger partial charge in [-0.05, 0) is 42.7 Å². The summed E-state index contributed by atoms with van der Waals surface area (Å²) in [5, 5.41) is 0.864. The predicted molar refractivity (Wildman–Crippen MR) is 115 cm³/mol. The second-order valence-corrected chi connectivity index (χ2v) is 8.39. The van der Waals surface area contributed by atoms with Crippen LogP contribution in [0.3, 0.4) is 0 Å². The molecular formula is C24H23N3O3. The SMILES string of the molecule is CC(C)Cc1nc2oc3c(=O)n(CC(=O)c4ccccc4)cnc3c2c2c1CCC2. The standard InChI is InChI=1S/C24H23N3O3/c1-14(2)11-18-16-9-6-10-17(16)20-21-22(30-23(20)26-18)24(29)27(13-25-21)12-19(28)15-7-4-3-5-8-15/h3-5,7-8,13-14H,6,9-12H2,1-2H3. The molecule has 0 radical (unpaired) electrons. The summed E-state index contributed by atoms with van der Waals surface area (Å²) in [5.41, 5.74) is 5.02. The number of aromatic nitrogens is 3. The van der Waals surface area contributed by atoms with Gasteiger partial charge < -0.3 is 4.42 Å². The minimum absolute atomic E-state index is 0.0764. The Balaban J connectivity index is 1.63. The average Bonchev–Trinajstić information content (AvgIpc) is 3.35. The van der Waals surface area contributed by atoms with Crippen molar-refractivity contribution in [1.82, 2.24) is 14.5 Å². The normalized spacial score (nSPS) is 13.4. The van der Waals surface area contributed by atoms with Crippen LogP contribution in [0.1, 0.15) is 47.4 Å². The van der Waals surface area contributed by atoms with Gasteiger partial charge in [-0.1, -0.05) is 44.2 Å². The van der Waals surface area contributed by atoms with Gasteiger partial charge in [-0.2, -0.15) is 0 Å². The van der Waals surface area contributed by atoms with Crippen molar-refractivity contribution in [3.63, 3.8) is 0 Å². The molecule has 0 amide bonds. The number of pyridine rings is 1. The Morgan fingerprint density at radius 2 is 1.93 bits per heavy atom. The van der Waals surface area contributed by atoms with Gasteiger partial charge in [0.15, 0.2) is 5.78 Å². The summed E-state index contributed by atoms with van der Waals surface area (Å²) in [5.74, 6) is 0.344. The van der Waals surface area contributed by atoms with Crippen molar-refractivity contribution in [1.29, 1.82) is 0 Å². The number of hydrogen-bond acceptors (Lipinski definition) is 5. The topological polar surface area (TPSA) is 78.0 Å². The number of nitrogens with zero attached hydrogens (tertiary/aromatic N) is 3. The van der Waals surface area contributed by atoms with Gasteiger partial charge in [0, 0.05) is 11.3 Å². The van der Waals surface area contributed by atoms with Crippen LogP contribution in [0.5, 0.6) is 0 Å². The largest absolute Gasteiger partial charge is 0.430 e. The molecular weight excluding hydrogens is 378 g/mol. The van der Waals surface area contributed by atoms with Crippen molar-refractivity contribution in [2.24, 2.45) is 5.92 Å². The molecule has 152 valence electrons. The lowest BCUT2D eigenvalue weighted by molar-refractivity contribution is 0.0970. The van der Waals surface area contributed by atoms with Gasteiger partial charge >= 0.3 is 0 Å². The van der Waals surface area contributed by atoms with Crippen LogP contribution in [0.15, 0.2) is 45.9 Å². The molecule has 30 heavy (non-hydrogen) atoms. The fourth-order valence-electron chi connectivity index (χ4n) is 4.41. The summed E-state index contributed by atoms with van der Waals surface area (Å²) >= 11 is 0. The van der Waals surface area contributed by atoms with Gasteiger partial charge in [-0.25, -0.2) is 9.97 Å². The van der Waals surface area contributed by atoms with E-state index in [1.165, 1.54) is 22.0 Å². The van der Waals surface area contributed by atoms with Gasteiger partial charge in [0.25, 0.3) is 5.56 Å². The van der Waals surface area contributed by atoms with E-state index in [1.807, 2.05) is 6.07 Å². The van der Waals surface area contributed by atoms with E-state index in [1.54, 1.807) is 24.3 Å². The van der Waals surface area contributed by atoms with Gasteiger partial charge in [0.2, 0.25) is 11.3 Å². The number of hydrogen-bond donors (Lipinski definition) is 0. The summed E-state index contributed by atoms with van der Waals surface area (Å²) in [6.07, 6.45) is 5.37. The van der Waals surface area contributed by atoms with Crippen LogP contribution in [0.2, 0.25) is 0 Å². The maximum Gasteiger partial charge on any atom is 0.297 e. The van der Waals surface area contributed by atoms with Crippen molar-refractivity contribution in [3.8, 4) is 0 Å². The van der Waals surface area contributed by atoms with Crippen molar-refractivity contribution in [2.75, 3.05) is 0 Å². The molecule has 6 nitrogen and oxygen atoms in total. The Morgan fingerprint density at radius 1 is 1.17 bits per heavy atom. The molecule has 5 rings (SSSR count). The lowest BCUT2D eigenvalue weighted by Crippen LogP contribution is -2.24. The maximum atomic E-state index is 13.1. The number of rotatable bonds is 5. The van der Waals surface area contributed by atoms with Gasteiger partial charge in [0.05, 0.1) is 18.3 Å². The van der Waals surface area contributed by atoms with Crippen LogP contribution >= 0.6 is 0 Å². The molecule has 0 spiro atoms. The van der Waals surface area contributed by atoms with Crippen molar-refractivity contribution < 1.29 is 9.21 Å². The second-order valence-electron chi connectivity index (χ2n) is 8.39. The molecule has 0 atom stereocenters. The van der Waals surface area contributed by atoms with E-state index in [4.69, 9.17) is 9.40 Å². The lowest BCUT2D eigenvalue weighted by atomic mass is 9.99. The first-order chi connectivity index (χ1) is 14.5. The average molecular weight is 401 g/mol. The van der Waals surface area contributed by atoms with Crippen molar-refractivity contribution in [2.45, 2.75) is 46.1 Å². The minimum Gasteiger partial charge on any atom is -0.430 e. The lowest BCUT2D eigenvalue weighted by Gasteiger charge is -2.10. The fraction of sp³-hybridized carbons (Fsp3) is 0.333. The first-order valence-electron chi connectivity index (χ1n) is 10.4. The zero-order chi connectivity index (χ0) is 20.8. The quantitative estimate of drug-likeness (QED) is 0.470. The zero-order valence-electron chi connectivity index (χ0n) is 17.1. The summed E-state index contributed by atoms with van der Waals surface area (Å²) in [6, 6.07) is 8.94. The molecule has 3 aromatic heterocycles.